The van der Waals surface area contributed by atoms with E-state index in [2.05, 4.69) is 11.6 Å². The number of aromatic nitrogens is 1. The Morgan fingerprint density at radius 1 is 1.28 bits per heavy atom. The molecular formula is C15H12ClNO. The number of ketones is 1. The monoisotopic (exact) mass is 257 g/mol. The Kier molecular flexibility index (Phi) is 3.90. The summed E-state index contributed by atoms with van der Waals surface area (Å²) in [6.07, 6.45) is 5.12. The van der Waals surface area contributed by atoms with Crippen molar-refractivity contribution < 1.29 is 4.79 Å². The average molecular weight is 258 g/mol. The summed E-state index contributed by atoms with van der Waals surface area (Å²) in [6.45, 7) is 3.49. The molecule has 0 bridgehead atoms. The molecular weight excluding hydrogens is 246 g/mol. The molecule has 0 unspecified atom stereocenters. The lowest BCUT2D eigenvalue weighted by Gasteiger charge is -2.07. The van der Waals surface area contributed by atoms with Crippen LogP contribution in [0.3, 0.4) is 0 Å². The highest BCUT2D eigenvalue weighted by molar-refractivity contribution is 6.30. The van der Waals surface area contributed by atoms with Gasteiger partial charge in [-0.1, -0.05) is 30.3 Å². The van der Waals surface area contributed by atoms with E-state index in [4.69, 9.17) is 11.6 Å². The van der Waals surface area contributed by atoms with E-state index < -0.39 is 0 Å². The van der Waals surface area contributed by atoms with Crippen LogP contribution in [0.25, 0.3) is 11.1 Å². The van der Waals surface area contributed by atoms with Crippen LogP contribution >= 0.6 is 11.6 Å². The number of allylic oxidation sites excluding steroid dienone is 1. The van der Waals surface area contributed by atoms with Crippen LogP contribution < -0.4 is 0 Å². The number of benzene rings is 1. The number of carbonyl (C=O) groups is 1. The minimum absolute atomic E-state index is 0.00332. The van der Waals surface area contributed by atoms with Crippen molar-refractivity contribution in [2.24, 2.45) is 0 Å². The summed E-state index contributed by atoms with van der Waals surface area (Å²) < 4.78 is 0. The van der Waals surface area contributed by atoms with Gasteiger partial charge < -0.3 is 0 Å². The maximum atomic E-state index is 11.5. The third-order valence-corrected chi connectivity index (χ3v) is 2.91. The molecule has 1 heterocycles. The Morgan fingerprint density at radius 2 is 2.00 bits per heavy atom. The summed E-state index contributed by atoms with van der Waals surface area (Å²) in [5.74, 6) is -0.00332. The quantitative estimate of drug-likeness (QED) is 0.782. The number of halogens is 1. The number of nitrogens with zero attached hydrogens (tertiary/aromatic N) is 1. The number of carbonyl (C=O) groups excluding carboxylic acids is 1. The van der Waals surface area contributed by atoms with Crippen LogP contribution in [0.2, 0.25) is 5.02 Å². The number of pyridine rings is 1. The summed E-state index contributed by atoms with van der Waals surface area (Å²) >= 11 is 5.86. The van der Waals surface area contributed by atoms with Crippen LogP contribution in [-0.2, 0) is 11.2 Å². The van der Waals surface area contributed by atoms with Crippen LogP contribution in [0.5, 0.6) is 0 Å². The lowest BCUT2D eigenvalue weighted by atomic mass is 9.98. The van der Waals surface area contributed by atoms with Gasteiger partial charge >= 0.3 is 0 Å². The summed E-state index contributed by atoms with van der Waals surface area (Å²) in [7, 11) is 0. The van der Waals surface area contributed by atoms with E-state index in [1.54, 1.807) is 12.4 Å². The van der Waals surface area contributed by atoms with Gasteiger partial charge in [0, 0.05) is 29.4 Å². The van der Waals surface area contributed by atoms with Crippen molar-refractivity contribution in [1.82, 2.24) is 4.98 Å². The van der Waals surface area contributed by atoms with E-state index in [9.17, 15) is 4.79 Å². The van der Waals surface area contributed by atoms with E-state index in [0.29, 0.717) is 11.4 Å². The molecule has 0 aliphatic carbocycles. The standard InChI is InChI=1S/C15H12ClNO/c1-2-14(18)9-12-7-8-17-10-15(12)11-3-5-13(16)6-4-11/h2-8,10H,1,9H2. The molecule has 0 aliphatic rings. The molecule has 0 aliphatic heterocycles. The molecule has 0 spiro atoms. The first-order valence-corrected chi connectivity index (χ1v) is 5.92. The molecule has 0 saturated heterocycles. The summed E-state index contributed by atoms with van der Waals surface area (Å²) in [4.78, 5) is 15.6. The van der Waals surface area contributed by atoms with Crippen LogP contribution in [0.4, 0.5) is 0 Å². The number of hydrogen-bond donors (Lipinski definition) is 0. The Balaban J connectivity index is 2.41. The van der Waals surface area contributed by atoms with Gasteiger partial charge in [0.15, 0.2) is 5.78 Å². The van der Waals surface area contributed by atoms with Gasteiger partial charge in [-0.05, 0) is 35.4 Å². The molecule has 0 atom stereocenters. The molecule has 2 rings (SSSR count). The van der Waals surface area contributed by atoms with Gasteiger partial charge in [-0.2, -0.15) is 0 Å². The maximum absolute atomic E-state index is 11.5. The molecule has 3 heteroatoms. The van der Waals surface area contributed by atoms with Crippen LogP contribution in [0.15, 0.2) is 55.4 Å². The molecule has 90 valence electrons. The highest BCUT2D eigenvalue weighted by Gasteiger charge is 2.07. The van der Waals surface area contributed by atoms with Crippen molar-refractivity contribution >= 4 is 17.4 Å². The highest BCUT2D eigenvalue weighted by Crippen LogP contribution is 2.24. The first kappa shape index (κ1) is 12.5. The predicted molar refractivity (Wildman–Crippen MR) is 73.6 cm³/mol. The second kappa shape index (κ2) is 5.61. The maximum Gasteiger partial charge on any atom is 0.159 e. The third-order valence-electron chi connectivity index (χ3n) is 2.66. The fraction of sp³-hybridized carbons (Fsp3) is 0.0667. The molecule has 0 fully saturated rings. The SMILES string of the molecule is C=CC(=O)Cc1ccncc1-c1ccc(Cl)cc1. The van der Waals surface area contributed by atoms with E-state index in [1.165, 1.54) is 6.08 Å². The molecule has 0 N–H and O–H groups in total. The van der Waals surface area contributed by atoms with Crippen LogP contribution in [0, 0.1) is 0 Å². The lowest BCUT2D eigenvalue weighted by Crippen LogP contribution is -2.00. The molecule has 2 aromatic rings. The molecule has 18 heavy (non-hydrogen) atoms. The fourth-order valence-electron chi connectivity index (χ4n) is 1.73. The Morgan fingerprint density at radius 3 is 2.67 bits per heavy atom. The zero-order valence-electron chi connectivity index (χ0n) is 9.77. The molecule has 1 aromatic heterocycles. The third kappa shape index (κ3) is 2.84. The van der Waals surface area contributed by atoms with Crippen LogP contribution in [0.1, 0.15) is 5.56 Å². The van der Waals surface area contributed by atoms with Crippen molar-refractivity contribution in [2.45, 2.75) is 6.42 Å². The minimum Gasteiger partial charge on any atom is -0.295 e. The Bertz CT molecular complexity index is 575. The summed E-state index contributed by atoms with van der Waals surface area (Å²) in [5.41, 5.74) is 2.89. The summed E-state index contributed by atoms with van der Waals surface area (Å²) in [5, 5.41) is 0.686. The van der Waals surface area contributed by atoms with Gasteiger partial charge in [0.1, 0.15) is 0 Å². The average Bonchev–Trinajstić information content (AvgIpc) is 2.40. The Labute approximate surface area is 111 Å². The second-order valence-electron chi connectivity index (χ2n) is 3.89. The van der Waals surface area contributed by atoms with Crippen LogP contribution in [-0.4, -0.2) is 10.8 Å². The first-order valence-electron chi connectivity index (χ1n) is 5.55. The smallest absolute Gasteiger partial charge is 0.159 e. The zero-order valence-corrected chi connectivity index (χ0v) is 10.5. The number of hydrogen-bond acceptors (Lipinski definition) is 2. The topological polar surface area (TPSA) is 30.0 Å². The van der Waals surface area contributed by atoms with Gasteiger partial charge in [-0.15, -0.1) is 0 Å². The highest BCUT2D eigenvalue weighted by atomic mass is 35.5. The fourth-order valence-corrected chi connectivity index (χ4v) is 1.85. The largest absolute Gasteiger partial charge is 0.295 e. The number of rotatable bonds is 4. The van der Waals surface area contributed by atoms with E-state index in [-0.39, 0.29) is 5.78 Å². The molecule has 0 radical (unpaired) electrons. The van der Waals surface area contributed by atoms with E-state index in [1.807, 2.05) is 30.3 Å². The Hall–Kier alpha value is -1.93. The van der Waals surface area contributed by atoms with Crippen molar-refractivity contribution in [3.05, 3.63) is 66.0 Å². The minimum atomic E-state index is -0.00332. The second-order valence-corrected chi connectivity index (χ2v) is 4.32. The van der Waals surface area contributed by atoms with Crippen molar-refractivity contribution in [3.63, 3.8) is 0 Å². The van der Waals surface area contributed by atoms with Gasteiger partial charge in [0.2, 0.25) is 0 Å². The summed E-state index contributed by atoms with van der Waals surface area (Å²) in [6, 6.07) is 9.33. The normalized spacial score (nSPS) is 10.1. The van der Waals surface area contributed by atoms with Crippen molar-refractivity contribution in [3.8, 4) is 11.1 Å². The first-order chi connectivity index (χ1) is 8.70. The van der Waals surface area contributed by atoms with Gasteiger partial charge in [-0.25, -0.2) is 0 Å². The van der Waals surface area contributed by atoms with Gasteiger partial charge in [0.05, 0.1) is 0 Å². The molecule has 1 aromatic carbocycles. The zero-order chi connectivity index (χ0) is 13.0. The van der Waals surface area contributed by atoms with E-state index >= 15 is 0 Å². The lowest BCUT2D eigenvalue weighted by molar-refractivity contribution is -0.114. The van der Waals surface area contributed by atoms with Crippen molar-refractivity contribution in [2.75, 3.05) is 0 Å². The van der Waals surface area contributed by atoms with Gasteiger partial charge in [0.25, 0.3) is 0 Å². The van der Waals surface area contributed by atoms with Gasteiger partial charge in [-0.3, -0.25) is 9.78 Å². The van der Waals surface area contributed by atoms with E-state index in [0.717, 1.165) is 16.7 Å². The molecule has 0 amide bonds. The molecule has 2 nitrogen and oxygen atoms in total. The van der Waals surface area contributed by atoms with Crippen molar-refractivity contribution in [1.29, 1.82) is 0 Å². The molecule has 0 saturated carbocycles. The predicted octanol–water partition coefficient (Wildman–Crippen LogP) is 3.70.